The Morgan fingerprint density at radius 3 is 2.48 bits per heavy atom. The lowest BCUT2D eigenvalue weighted by molar-refractivity contribution is -0.136. The predicted molar refractivity (Wildman–Crippen MR) is 99.1 cm³/mol. The van der Waals surface area contributed by atoms with Crippen LogP contribution in [-0.2, 0) is 15.1 Å². The molecule has 5 nitrogen and oxygen atoms in total. The highest BCUT2D eigenvalue weighted by Crippen LogP contribution is 2.47. The molecule has 2 aromatic rings. The first-order chi connectivity index (χ1) is 11.9. The van der Waals surface area contributed by atoms with E-state index in [2.05, 4.69) is 21.2 Å². The molecule has 0 spiro atoms. The minimum atomic E-state index is -1.54. The summed E-state index contributed by atoms with van der Waals surface area (Å²) in [6.07, 6.45) is -1.21. The molecule has 130 valence electrons. The molecule has 2 aromatic carbocycles. The molecule has 0 bridgehead atoms. The Morgan fingerprint density at radius 1 is 1.24 bits per heavy atom. The first-order valence-electron chi connectivity index (χ1n) is 8.05. The van der Waals surface area contributed by atoms with E-state index in [-0.39, 0.29) is 11.8 Å². The van der Waals surface area contributed by atoms with Gasteiger partial charge in [0, 0.05) is 29.2 Å². The molecular weight excluding hydrogens is 384 g/mol. The van der Waals surface area contributed by atoms with E-state index >= 15 is 0 Å². The minimum absolute atomic E-state index is 0.332. The number of fused-ring (bicyclic) bond motifs is 1. The summed E-state index contributed by atoms with van der Waals surface area (Å²) in [5.41, 5.74) is 0.331. The molecule has 6 heteroatoms. The number of carbonyl (C=O) groups excluding carboxylic acids is 2. The van der Waals surface area contributed by atoms with Crippen LogP contribution in [0.1, 0.15) is 31.1 Å². The molecule has 2 atom stereocenters. The van der Waals surface area contributed by atoms with Crippen LogP contribution in [0, 0.1) is 0 Å². The molecule has 0 aromatic heterocycles. The lowest BCUT2D eigenvalue weighted by atomic mass is 9.82. The normalized spacial score (nSPS) is 20.3. The monoisotopic (exact) mass is 402 g/mol. The van der Waals surface area contributed by atoms with Crippen molar-refractivity contribution >= 4 is 33.4 Å². The number of para-hydroxylation sites is 1. The predicted octanol–water partition coefficient (Wildman–Crippen LogP) is 2.88. The first kappa shape index (κ1) is 17.6. The molecule has 1 aliphatic rings. The molecule has 2 amide bonds. The largest absolute Gasteiger partial charge is 0.385 e. The lowest BCUT2D eigenvalue weighted by Gasteiger charge is -2.34. The summed E-state index contributed by atoms with van der Waals surface area (Å²) in [5, 5.41) is 13.9. The SMILES string of the molecule is CCN1C(=O)[C@@](NC(C)=O)([C@@H](O)c2ccc(Br)cc2)c2ccccc21. The molecule has 1 heterocycles. The molecule has 0 saturated carbocycles. The van der Waals surface area contributed by atoms with Gasteiger partial charge in [0.15, 0.2) is 5.54 Å². The third kappa shape index (κ3) is 2.75. The Kier molecular flexibility index (Phi) is 4.67. The Balaban J connectivity index is 2.21. The number of carbonyl (C=O) groups is 2. The number of aliphatic hydroxyl groups excluding tert-OH is 1. The van der Waals surface area contributed by atoms with Crippen LogP contribution in [0.25, 0.3) is 0 Å². The average Bonchev–Trinajstić information content (AvgIpc) is 2.83. The molecule has 3 rings (SSSR count). The molecule has 0 aliphatic carbocycles. The van der Waals surface area contributed by atoms with Crippen LogP contribution in [0.2, 0.25) is 0 Å². The summed E-state index contributed by atoms with van der Waals surface area (Å²) in [6.45, 7) is 3.66. The number of nitrogens with one attached hydrogen (secondary N) is 1. The number of anilines is 1. The Hall–Kier alpha value is -2.18. The van der Waals surface area contributed by atoms with E-state index in [1.807, 2.05) is 19.1 Å². The van der Waals surface area contributed by atoms with E-state index in [9.17, 15) is 14.7 Å². The topological polar surface area (TPSA) is 69.6 Å². The van der Waals surface area contributed by atoms with Gasteiger partial charge in [-0.3, -0.25) is 9.59 Å². The van der Waals surface area contributed by atoms with Crippen LogP contribution in [0.5, 0.6) is 0 Å². The maximum absolute atomic E-state index is 13.3. The fourth-order valence-corrected chi connectivity index (χ4v) is 3.68. The quantitative estimate of drug-likeness (QED) is 0.825. The highest BCUT2D eigenvalue weighted by Gasteiger charge is 2.56. The zero-order valence-electron chi connectivity index (χ0n) is 14.0. The third-order valence-electron chi connectivity index (χ3n) is 4.49. The van der Waals surface area contributed by atoms with Crippen molar-refractivity contribution < 1.29 is 14.7 Å². The fraction of sp³-hybridized carbons (Fsp3) is 0.263. The van der Waals surface area contributed by atoms with Gasteiger partial charge in [-0.1, -0.05) is 46.3 Å². The minimum Gasteiger partial charge on any atom is -0.385 e. The van der Waals surface area contributed by atoms with Crippen molar-refractivity contribution in [1.82, 2.24) is 5.32 Å². The Labute approximate surface area is 154 Å². The van der Waals surface area contributed by atoms with E-state index in [1.54, 1.807) is 41.3 Å². The lowest BCUT2D eigenvalue weighted by Crippen LogP contribution is -2.56. The smallest absolute Gasteiger partial charge is 0.260 e. The standard InChI is InChI=1S/C19H19BrN2O3/c1-3-22-16-7-5-4-6-15(16)19(18(22)25,21-12(2)23)17(24)13-8-10-14(20)11-9-13/h4-11,17,24H,3H2,1-2H3,(H,21,23)/t17-,19-/m0/s1. The molecule has 0 unspecified atom stereocenters. The second-order valence-electron chi connectivity index (χ2n) is 6.01. The van der Waals surface area contributed by atoms with E-state index in [1.165, 1.54) is 6.92 Å². The van der Waals surface area contributed by atoms with Gasteiger partial charge < -0.3 is 15.3 Å². The summed E-state index contributed by atoms with van der Waals surface area (Å²) >= 11 is 3.36. The summed E-state index contributed by atoms with van der Waals surface area (Å²) in [5.74, 6) is -0.709. The van der Waals surface area contributed by atoms with Crippen molar-refractivity contribution in [1.29, 1.82) is 0 Å². The summed E-state index contributed by atoms with van der Waals surface area (Å²) in [6, 6.07) is 14.3. The van der Waals surface area contributed by atoms with Gasteiger partial charge in [-0.25, -0.2) is 0 Å². The Bertz CT molecular complexity index is 822. The number of hydrogen-bond donors (Lipinski definition) is 2. The highest BCUT2D eigenvalue weighted by atomic mass is 79.9. The van der Waals surface area contributed by atoms with Crippen LogP contribution in [0.3, 0.4) is 0 Å². The van der Waals surface area contributed by atoms with E-state index in [0.717, 1.165) is 4.47 Å². The summed E-state index contributed by atoms with van der Waals surface area (Å²) in [7, 11) is 0. The van der Waals surface area contributed by atoms with Crippen LogP contribution >= 0.6 is 15.9 Å². The van der Waals surface area contributed by atoms with Gasteiger partial charge in [0.2, 0.25) is 5.91 Å². The molecule has 1 aliphatic heterocycles. The number of benzene rings is 2. The molecule has 2 N–H and O–H groups in total. The summed E-state index contributed by atoms with van der Waals surface area (Å²) < 4.78 is 0.866. The third-order valence-corrected chi connectivity index (χ3v) is 5.02. The Morgan fingerprint density at radius 2 is 1.88 bits per heavy atom. The fourth-order valence-electron chi connectivity index (χ4n) is 3.42. The number of halogens is 1. The second kappa shape index (κ2) is 6.61. The second-order valence-corrected chi connectivity index (χ2v) is 6.93. The van der Waals surface area contributed by atoms with Crippen molar-refractivity contribution in [2.45, 2.75) is 25.5 Å². The number of hydrogen-bond acceptors (Lipinski definition) is 3. The summed E-state index contributed by atoms with van der Waals surface area (Å²) in [4.78, 5) is 26.8. The molecule has 0 radical (unpaired) electrons. The zero-order valence-corrected chi connectivity index (χ0v) is 15.6. The van der Waals surface area contributed by atoms with E-state index in [4.69, 9.17) is 0 Å². The van der Waals surface area contributed by atoms with Crippen molar-refractivity contribution in [3.05, 3.63) is 64.1 Å². The van der Waals surface area contributed by atoms with Gasteiger partial charge in [-0.05, 0) is 30.7 Å². The number of aliphatic hydroxyl groups is 1. The van der Waals surface area contributed by atoms with Gasteiger partial charge in [0.25, 0.3) is 5.91 Å². The van der Waals surface area contributed by atoms with E-state index < -0.39 is 11.6 Å². The number of amides is 2. The number of rotatable bonds is 4. The van der Waals surface area contributed by atoms with Crippen molar-refractivity contribution in [2.75, 3.05) is 11.4 Å². The first-order valence-corrected chi connectivity index (χ1v) is 8.85. The van der Waals surface area contributed by atoms with Crippen molar-refractivity contribution in [2.24, 2.45) is 0 Å². The van der Waals surface area contributed by atoms with Crippen LogP contribution < -0.4 is 10.2 Å². The van der Waals surface area contributed by atoms with Crippen LogP contribution in [0.4, 0.5) is 5.69 Å². The average molecular weight is 403 g/mol. The van der Waals surface area contributed by atoms with Crippen molar-refractivity contribution in [3.63, 3.8) is 0 Å². The van der Waals surface area contributed by atoms with Crippen molar-refractivity contribution in [3.8, 4) is 0 Å². The van der Waals surface area contributed by atoms with Crippen LogP contribution in [-0.4, -0.2) is 23.5 Å². The molecule has 0 saturated heterocycles. The molecule has 0 fully saturated rings. The molecular formula is C19H19BrN2O3. The number of nitrogens with zero attached hydrogens (tertiary/aromatic N) is 1. The van der Waals surface area contributed by atoms with E-state index in [0.29, 0.717) is 23.4 Å². The number of likely N-dealkylation sites (N-methyl/N-ethyl adjacent to an activating group) is 1. The van der Waals surface area contributed by atoms with Crippen LogP contribution in [0.15, 0.2) is 53.0 Å². The zero-order chi connectivity index (χ0) is 18.2. The van der Waals surface area contributed by atoms with Gasteiger partial charge >= 0.3 is 0 Å². The maximum Gasteiger partial charge on any atom is 0.260 e. The van der Waals surface area contributed by atoms with Gasteiger partial charge in [0.1, 0.15) is 6.10 Å². The van der Waals surface area contributed by atoms with Gasteiger partial charge in [-0.2, -0.15) is 0 Å². The molecule has 25 heavy (non-hydrogen) atoms. The van der Waals surface area contributed by atoms with Gasteiger partial charge in [-0.15, -0.1) is 0 Å². The highest BCUT2D eigenvalue weighted by molar-refractivity contribution is 9.10. The maximum atomic E-state index is 13.3. The van der Waals surface area contributed by atoms with Gasteiger partial charge in [0.05, 0.1) is 0 Å².